The van der Waals surface area contributed by atoms with E-state index in [1.165, 1.54) is 6.20 Å². The largest absolute Gasteiger partial charge is 0.351 e. The SMILES string of the molecule is CCCCCNC(=O)c1ccnc(Nc2cc(Cl)cc(Cl)c2)n1. The van der Waals surface area contributed by atoms with Gasteiger partial charge in [0.2, 0.25) is 5.95 Å². The predicted molar refractivity (Wildman–Crippen MR) is 93.6 cm³/mol. The monoisotopic (exact) mass is 352 g/mol. The molecule has 1 amide bonds. The number of nitrogens with one attached hydrogen (secondary N) is 2. The zero-order valence-electron chi connectivity index (χ0n) is 12.8. The first-order chi connectivity index (χ1) is 11.1. The van der Waals surface area contributed by atoms with E-state index in [9.17, 15) is 4.79 Å². The maximum atomic E-state index is 12.0. The molecule has 1 aromatic carbocycles. The molecule has 0 bridgehead atoms. The fourth-order valence-electron chi connectivity index (χ4n) is 1.97. The van der Waals surface area contributed by atoms with Crippen LogP contribution in [0.4, 0.5) is 11.6 Å². The second-order valence-electron chi connectivity index (χ2n) is 5.01. The molecule has 2 rings (SSSR count). The topological polar surface area (TPSA) is 66.9 Å². The molecule has 0 saturated heterocycles. The van der Waals surface area contributed by atoms with Gasteiger partial charge in [-0.3, -0.25) is 4.79 Å². The fraction of sp³-hybridized carbons (Fsp3) is 0.312. The van der Waals surface area contributed by atoms with Gasteiger partial charge < -0.3 is 10.6 Å². The highest BCUT2D eigenvalue weighted by atomic mass is 35.5. The van der Waals surface area contributed by atoms with E-state index >= 15 is 0 Å². The number of benzene rings is 1. The number of carbonyl (C=O) groups is 1. The standard InChI is InChI=1S/C16H18Cl2N4O/c1-2-3-4-6-19-15(23)14-5-7-20-16(22-14)21-13-9-11(17)8-12(18)10-13/h5,7-10H,2-4,6H2,1H3,(H,19,23)(H,20,21,22). The molecular weight excluding hydrogens is 335 g/mol. The molecule has 1 heterocycles. The summed E-state index contributed by atoms with van der Waals surface area (Å²) in [6, 6.07) is 6.61. The second kappa shape index (κ2) is 8.70. The summed E-state index contributed by atoms with van der Waals surface area (Å²) in [6.07, 6.45) is 4.69. The zero-order chi connectivity index (χ0) is 16.7. The average Bonchev–Trinajstić information content (AvgIpc) is 2.50. The lowest BCUT2D eigenvalue weighted by atomic mass is 10.2. The van der Waals surface area contributed by atoms with Crippen molar-refractivity contribution in [3.05, 3.63) is 46.2 Å². The van der Waals surface area contributed by atoms with Crippen LogP contribution in [0.5, 0.6) is 0 Å². The highest BCUT2D eigenvalue weighted by molar-refractivity contribution is 6.35. The molecule has 1 aromatic heterocycles. The number of aromatic nitrogens is 2. The lowest BCUT2D eigenvalue weighted by molar-refractivity contribution is 0.0948. The summed E-state index contributed by atoms with van der Waals surface area (Å²) in [5.74, 6) is 0.0974. The molecule has 0 aliphatic rings. The quantitative estimate of drug-likeness (QED) is 0.722. The zero-order valence-corrected chi connectivity index (χ0v) is 14.3. The van der Waals surface area contributed by atoms with Gasteiger partial charge >= 0.3 is 0 Å². The number of anilines is 2. The highest BCUT2D eigenvalue weighted by Crippen LogP contribution is 2.24. The van der Waals surface area contributed by atoms with E-state index < -0.39 is 0 Å². The van der Waals surface area contributed by atoms with Crippen molar-refractivity contribution in [2.24, 2.45) is 0 Å². The molecule has 0 unspecified atom stereocenters. The lowest BCUT2D eigenvalue weighted by Gasteiger charge is -2.08. The number of nitrogens with zero attached hydrogens (tertiary/aromatic N) is 2. The molecule has 0 saturated carbocycles. The second-order valence-corrected chi connectivity index (χ2v) is 5.88. The minimum absolute atomic E-state index is 0.212. The normalized spacial score (nSPS) is 10.4. The minimum Gasteiger partial charge on any atom is -0.351 e. The van der Waals surface area contributed by atoms with E-state index in [0.29, 0.717) is 33.9 Å². The summed E-state index contributed by atoms with van der Waals surface area (Å²) < 4.78 is 0. The van der Waals surface area contributed by atoms with Crippen molar-refractivity contribution in [2.75, 3.05) is 11.9 Å². The first kappa shape index (κ1) is 17.5. The van der Waals surface area contributed by atoms with Crippen molar-refractivity contribution in [1.29, 1.82) is 0 Å². The van der Waals surface area contributed by atoms with E-state index in [-0.39, 0.29) is 5.91 Å². The molecule has 0 aliphatic carbocycles. The lowest BCUT2D eigenvalue weighted by Crippen LogP contribution is -2.25. The number of amides is 1. The van der Waals surface area contributed by atoms with Crippen LogP contribution in [0.25, 0.3) is 0 Å². The van der Waals surface area contributed by atoms with Crippen molar-refractivity contribution >= 4 is 40.7 Å². The van der Waals surface area contributed by atoms with Crippen LogP contribution in [-0.4, -0.2) is 22.4 Å². The first-order valence-corrected chi connectivity index (χ1v) is 8.18. The molecular formula is C16H18Cl2N4O. The Morgan fingerprint density at radius 1 is 1.17 bits per heavy atom. The van der Waals surface area contributed by atoms with Gasteiger partial charge in [-0.15, -0.1) is 0 Å². The van der Waals surface area contributed by atoms with Gasteiger partial charge in [-0.2, -0.15) is 0 Å². The van der Waals surface area contributed by atoms with Gasteiger partial charge in [0.1, 0.15) is 5.69 Å². The smallest absolute Gasteiger partial charge is 0.270 e. The van der Waals surface area contributed by atoms with Crippen LogP contribution in [0.2, 0.25) is 10.0 Å². The van der Waals surface area contributed by atoms with Crippen molar-refractivity contribution < 1.29 is 4.79 Å². The Morgan fingerprint density at radius 3 is 2.61 bits per heavy atom. The van der Waals surface area contributed by atoms with Crippen LogP contribution in [0.3, 0.4) is 0 Å². The van der Waals surface area contributed by atoms with Crippen molar-refractivity contribution in [2.45, 2.75) is 26.2 Å². The van der Waals surface area contributed by atoms with Gasteiger partial charge in [0.25, 0.3) is 5.91 Å². The number of unbranched alkanes of at least 4 members (excludes halogenated alkanes) is 2. The van der Waals surface area contributed by atoms with Crippen molar-refractivity contribution in [3.8, 4) is 0 Å². The molecule has 0 aliphatic heterocycles. The summed E-state index contributed by atoms with van der Waals surface area (Å²) in [7, 11) is 0. The fourth-order valence-corrected chi connectivity index (χ4v) is 2.49. The van der Waals surface area contributed by atoms with E-state index in [4.69, 9.17) is 23.2 Å². The minimum atomic E-state index is -0.212. The molecule has 23 heavy (non-hydrogen) atoms. The van der Waals surface area contributed by atoms with E-state index in [2.05, 4.69) is 27.5 Å². The Labute approximate surface area is 145 Å². The molecule has 2 aromatic rings. The molecule has 2 N–H and O–H groups in total. The van der Waals surface area contributed by atoms with Crippen LogP contribution in [-0.2, 0) is 0 Å². The third-order valence-electron chi connectivity index (χ3n) is 3.07. The van der Waals surface area contributed by atoms with Gasteiger partial charge in [0.05, 0.1) is 0 Å². The van der Waals surface area contributed by atoms with E-state index in [1.807, 2.05) is 0 Å². The van der Waals surface area contributed by atoms with Crippen LogP contribution in [0.1, 0.15) is 36.7 Å². The molecule has 0 atom stereocenters. The number of hydrogen-bond donors (Lipinski definition) is 2. The summed E-state index contributed by atoms with van der Waals surface area (Å²) in [5, 5.41) is 6.84. The maximum absolute atomic E-state index is 12.0. The molecule has 0 fully saturated rings. The van der Waals surface area contributed by atoms with Gasteiger partial charge in [0.15, 0.2) is 0 Å². The van der Waals surface area contributed by atoms with Crippen molar-refractivity contribution in [3.63, 3.8) is 0 Å². The van der Waals surface area contributed by atoms with Crippen molar-refractivity contribution in [1.82, 2.24) is 15.3 Å². The molecule has 122 valence electrons. The summed E-state index contributed by atoms with van der Waals surface area (Å²) in [5.41, 5.74) is 0.968. The Morgan fingerprint density at radius 2 is 1.91 bits per heavy atom. The van der Waals surface area contributed by atoms with Gasteiger partial charge in [-0.05, 0) is 30.7 Å². The highest BCUT2D eigenvalue weighted by Gasteiger charge is 2.08. The molecule has 7 heteroatoms. The van der Waals surface area contributed by atoms with Crippen LogP contribution < -0.4 is 10.6 Å². The van der Waals surface area contributed by atoms with Gasteiger partial charge in [0, 0.05) is 28.5 Å². The number of halogens is 2. The average molecular weight is 353 g/mol. The Kier molecular flexibility index (Phi) is 6.62. The Balaban J connectivity index is 2.03. The maximum Gasteiger partial charge on any atom is 0.270 e. The third kappa shape index (κ3) is 5.69. The first-order valence-electron chi connectivity index (χ1n) is 7.43. The summed E-state index contributed by atoms with van der Waals surface area (Å²) >= 11 is 11.9. The number of carbonyl (C=O) groups excluding carboxylic acids is 1. The summed E-state index contributed by atoms with van der Waals surface area (Å²) in [6.45, 7) is 2.76. The molecule has 5 nitrogen and oxygen atoms in total. The molecule has 0 spiro atoms. The third-order valence-corrected chi connectivity index (χ3v) is 3.51. The Bertz CT molecular complexity index is 659. The van der Waals surface area contributed by atoms with Crippen LogP contribution >= 0.6 is 23.2 Å². The Hall–Kier alpha value is -1.85. The van der Waals surface area contributed by atoms with E-state index in [0.717, 1.165) is 19.3 Å². The predicted octanol–water partition coefficient (Wildman–Crippen LogP) is 4.45. The van der Waals surface area contributed by atoms with E-state index in [1.54, 1.807) is 24.3 Å². The van der Waals surface area contributed by atoms with Crippen LogP contribution in [0.15, 0.2) is 30.5 Å². The molecule has 0 radical (unpaired) electrons. The number of hydrogen-bond acceptors (Lipinski definition) is 4. The number of rotatable bonds is 7. The summed E-state index contributed by atoms with van der Waals surface area (Å²) in [4.78, 5) is 20.4. The van der Waals surface area contributed by atoms with Gasteiger partial charge in [-0.1, -0.05) is 43.0 Å². The van der Waals surface area contributed by atoms with Gasteiger partial charge in [-0.25, -0.2) is 9.97 Å². The van der Waals surface area contributed by atoms with Crippen LogP contribution in [0, 0.1) is 0 Å².